The molecule has 2 fully saturated rings. The van der Waals surface area contributed by atoms with Crippen LogP contribution in [-0.2, 0) is 16.1 Å². The molecule has 2 atom stereocenters. The first-order valence-corrected chi connectivity index (χ1v) is 9.47. The van der Waals surface area contributed by atoms with Crippen LogP contribution in [0.15, 0.2) is 6.33 Å². The highest BCUT2D eigenvalue weighted by Crippen LogP contribution is 2.45. The zero-order valence-electron chi connectivity index (χ0n) is 12.3. The minimum absolute atomic E-state index is 0.0228. The topological polar surface area (TPSA) is 71.3 Å². The zero-order valence-corrected chi connectivity index (χ0v) is 13.9. The van der Waals surface area contributed by atoms with Gasteiger partial charge in [0.1, 0.15) is 12.4 Å². The maximum Gasteiger partial charge on any atom is 0.253 e. The summed E-state index contributed by atoms with van der Waals surface area (Å²) >= 11 is 3.36. The molecule has 1 aromatic heterocycles. The average Bonchev–Trinajstić information content (AvgIpc) is 3.10. The van der Waals surface area contributed by atoms with Crippen molar-refractivity contribution < 1.29 is 9.59 Å². The Morgan fingerprint density at radius 3 is 3.18 bits per heavy atom. The number of carbonyl (C=O) groups is 2. The number of nitrogens with zero attached hydrogens (tertiary/aromatic N) is 5. The fraction of sp³-hybridized carbons (Fsp3) is 0.692. The third kappa shape index (κ3) is 2.05. The molecule has 22 heavy (non-hydrogen) atoms. The Morgan fingerprint density at radius 2 is 2.32 bits per heavy atom. The first-order chi connectivity index (χ1) is 10.6. The number of carbonyl (C=O) groups excluding carboxylic acids is 2. The van der Waals surface area contributed by atoms with Crippen LogP contribution in [0.2, 0.25) is 0 Å². The van der Waals surface area contributed by atoms with Crippen molar-refractivity contribution in [1.29, 1.82) is 0 Å². The molecule has 0 saturated carbocycles. The van der Waals surface area contributed by atoms with E-state index < -0.39 is 0 Å². The van der Waals surface area contributed by atoms with Crippen LogP contribution in [-0.4, -0.2) is 66.2 Å². The Kier molecular flexibility index (Phi) is 3.37. The van der Waals surface area contributed by atoms with Crippen LogP contribution in [0.5, 0.6) is 0 Å². The van der Waals surface area contributed by atoms with Gasteiger partial charge in [-0.15, -0.1) is 23.5 Å². The van der Waals surface area contributed by atoms with Gasteiger partial charge in [0.2, 0.25) is 11.9 Å². The minimum Gasteiger partial charge on any atom is -0.314 e. The molecule has 0 spiro atoms. The van der Waals surface area contributed by atoms with Crippen molar-refractivity contribution in [2.75, 3.05) is 28.7 Å². The highest BCUT2D eigenvalue weighted by atomic mass is 32.2. The number of amides is 2. The second kappa shape index (κ2) is 5.16. The Morgan fingerprint density at radius 1 is 1.45 bits per heavy atom. The van der Waals surface area contributed by atoms with E-state index in [-0.39, 0.29) is 22.7 Å². The largest absolute Gasteiger partial charge is 0.314 e. The lowest BCUT2D eigenvalue weighted by Crippen LogP contribution is -2.58. The molecule has 2 amide bonds. The summed E-state index contributed by atoms with van der Waals surface area (Å²) in [5, 5.41) is 4.15. The maximum absolute atomic E-state index is 13.0. The van der Waals surface area contributed by atoms with Crippen LogP contribution >= 0.6 is 23.5 Å². The summed E-state index contributed by atoms with van der Waals surface area (Å²) in [5.74, 6) is 2.66. The molecule has 2 saturated heterocycles. The van der Waals surface area contributed by atoms with E-state index >= 15 is 0 Å². The third-order valence-electron chi connectivity index (χ3n) is 4.38. The number of hydrogen-bond donors (Lipinski definition) is 0. The van der Waals surface area contributed by atoms with Gasteiger partial charge in [-0.1, -0.05) is 0 Å². The number of fused-ring (bicyclic) bond motifs is 2. The standard InChI is InChI=1S/C13H17N5O2S2/c1-13-7-21-6-10(19)18(13)9(5-22-13)11(20)16-3-2-4-17-12(16)14-8-15-17/h8-9H,2-7H2,1H3. The van der Waals surface area contributed by atoms with Gasteiger partial charge in [-0.25, -0.2) is 4.68 Å². The molecule has 9 heteroatoms. The summed E-state index contributed by atoms with van der Waals surface area (Å²) < 4.78 is 1.76. The molecule has 0 bridgehead atoms. The quantitative estimate of drug-likeness (QED) is 0.739. The van der Waals surface area contributed by atoms with Crippen molar-refractivity contribution in [2.45, 2.75) is 30.8 Å². The van der Waals surface area contributed by atoms with Crippen molar-refractivity contribution in [3.63, 3.8) is 0 Å². The number of aryl methyl sites for hydroxylation is 1. The van der Waals surface area contributed by atoms with Crippen LogP contribution in [0.1, 0.15) is 13.3 Å². The molecule has 0 radical (unpaired) electrons. The van der Waals surface area contributed by atoms with Crippen LogP contribution in [0.3, 0.4) is 0 Å². The molecule has 0 N–H and O–H groups in total. The van der Waals surface area contributed by atoms with Crippen molar-refractivity contribution in [3.8, 4) is 0 Å². The van der Waals surface area contributed by atoms with Gasteiger partial charge in [-0.05, 0) is 13.3 Å². The normalized spacial score (nSPS) is 31.1. The van der Waals surface area contributed by atoms with E-state index in [1.165, 1.54) is 6.33 Å². The SMILES string of the molecule is CC12CSCC(=O)N1C(C(=O)N1CCCn3ncnc31)CS2. The van der Waals surface area contributed by atoms with Gasteiger partial charge < -0.3 is 4.90 Å². The van der Waals surface area contributed by atoms with Crippen LogP contribution in [0.4, 0.5) is 5.95 Å². The van der Waals surface area contributed by atoms with Gasteiger partial charge in [0.05, 0.1) is 10.6 Å². The average molecular weight is 339 g/mol. The molecular formula is C13H17N5O2S2. The second-order valence-corrected chi connectivity index (χ2v) is 8.37. The fourth-order valence-corrected chi connectivity index (χ4v) is 6.05. The van der Waals surface area contributed by atoms with E-state index in [0.29, 0.717) is 24.0 Å². The molecule has 0 aromatic carbocycles. The maximum atomic E-state index is 13.0. The monoisotopic (exact) mass is 339 g/mol. The van der Waals surface area contributed by atoms with Gasteiger partial charge in [0.25, 0.3) is 5.91 Å². The molecule has 4 heterocycles. The summed E-state index contributed by atoms with van der Waals surface area (Å²) in [6.07, 6.45) is 2.35. The lowest BCUT2D eigenvalue weighted by molar-refractivity contribution is -0.139. The minimum atomic E-state index is -0.383. The van der Waals surface area contributed by atoms with Crippen molar-refractivity contribution in [2.24, 2.45) is 0 Å². The van der Waals surface area contributed by atoms with Crippen molar-refractivity contribution in [1.82, 2.24) is 19.7 Å². The number of hydrogen-bond acceptors (Lipinski definition) is 6. The van der Waals surface area contributed by atoms with Gasteiger partial charge in [0, 0.05) is 24.6 Å². The molecule has 3 aliphatic rings. The van der Waals surface area contributed by atoms with Gasteiger partial charge in [-0.2, -0.15) is 10.1 Å². The predicted molar refractivity (Wildman–Crippen MR) is 85.8 cm³/mol. The summed E-state index contributed by atoms with van der Waals surface area (Å²) in [7, 11) is 0. The van der Waals surface area contributed by atoms with Gasteiger partial charge in [-0.3, -0.25) is 14.5 Å². The molecule has 118 valence electrons. The first-order valence-electron chi connectivity index (χ1n) is 7.33. The molecule has 3 aliphatic heterocycles. The molecule has 7 nitrogen and oxygen atoms in total. The lowest BCUT2D eigenvalue weighted by atomic mass is 10.1. The Bertz CT molecular complexity index is 636. The Hall–Kier alpha value is -1.22. The highest BCUT2D eigenvalue weighted by molar-refractivity contribution is 8.04. The van der Waals surface area contributed by atoms with Gasteiger partial charge in [0.15, 0.2) is 0 Å². The fourth-order valence-electron chi connectivity index (χ4n) is 3.35. The van der Waals surface area contributed by atoms with Gasteiger partial charge >= 0.3 is 0 Å². The molecule has 0 aliphatic carbocycles. The third-order valence-corrected chi connectivity index (χ3v) is 7.22. The molecule has 4 rings (SSSR count). The van der Waals surface area contributed by atoms with Crippen molar-refractivity contribution >= 4 is 41.3 Å². The predicted octanol–water partition coefficient (Wildman–Crippen LogP) is 0.422. The number of thioether (sulfide) groups is 2. The van der Waals surface area contributed by atoms with E-state index in [9.17, 15) is 9.59 Å². The van der Waals surface area contributed by atoms with Crippen LogP contribution in [0, 0.1) is 0 Å². The van der Waals surface area contributed by atoms with Crippen molar-refractivity contribution in [3.05, 3.63) is 6.33 Å². The van der Waals surface area contributed by atoms with E-state index in [2.05, 4.69) is 17.0 Å². The summed E-state index contributed by atoms with van der Waals surface area (Å²) in [6.45, 7) is 3.50. The van der Waals surface area contributed by atoms with E-state index in [1.807, 2.05) is 4.90 Å². The number of aromatic nitrogens is 3. The molecular weight excluding hydrogens is 322 g/mol. The Balaban J connectivity index is 1.63. The summed E-state index contributed by atoms with van der Waals surface area (Å²) in [5.41, 5.74) is 0. The number of anilines is 1. The number of rotatable bonds is 1. The summed E-state index contributed by atoms with van der Waals surface area (Å²) in [6, 6.07) is -0.383. The second-order valence-electron chi connectivity index (χ2n) is 5.88. The molecule has 2 unspecified atom stereocenters. The summed E-state index contributed by atoms with van der Waals surface area (Å²) in [4.78, 5) is 32.9. The highest BCUT2D eigenvalue weighted by Gasteiger charge is 2.52. The first kappa shape index (κ1) is 14.4. The van der Waals surface area contributed by atoms with E-state index in [1.54, 1.807) is 33.1 Å². The van der Waals surface area contributed by atoms with Crippen LogP contribution in [0.25, 0.3) is 0 Å². The lowest BCUT2D eigenvalue weighted by Gasteiger charge is -2.41. The zero-order chi connectivity index (χ0) is 15.3. The van der Waals surface area contributed by atoms with Crippen LogP contribution < -0.4 is 4.90 Å². The van der Waals surface area contributed by atoms with E-state index in [4.69, 9.17) is 0 Å². The molecule has 1 aromatic rings. The Labute approximate surface area is 136 Å². The smallest absolute Gasteiger partial charge is 0.253 e. The van der Waals surface area contributed by atoms with E-state index in [0.717, 1.165) is 18.7 Å².